The first-order chi connectivity index (χ1) is 10.2. The van der Waals surface area contributed by atoms with E-state index in [2.05, 4.69) is 48.1 Å². The van der Waals surface area contributed by atoms with Crippen molar-refractivity contribution in [3.05, 3.63) is 40.8 Å². The van der Waals surface area contributed by atoms with Gasteiger partial charge in [0.15, 0.2) is 0 Å². The molecule has 0 aliphatic carbocycles. The van der Waals surface area contributed by atoms with Crippen LogP contribution in [0.15, 0.2) is 35.4 Å². The van der Waals surface area contributed by atoms with Crippen molar-refractivity contribution in [2.45, 2.75) is 50.4 Å². The number of hydrogen-bond acceptors (Lipinski definition) is 2. The van der Waals surface area contributed by atoms with Gasteiger partial charge in [-0.1, -0.05) is 0 Å². The molecule has 0 N–H and O–H groups in total. The van der Waals surface area contributed by atoms with Gasteiger partial charge in [0.25, 0.3) is 0 Å². The third-order valence-corrected chi connectivity index (χ3v) is 6.45. The van der Waals surface area contributed by atoms with Crippen LogP contribution in [-0.2, 0) is 4.79 Å². The van der Waals surface area contributed by atoms with Crippen LogP contribution in [0, 0.1) is 5.92 Å². The van der Waals surface area contributed by atoms with Gasteiger partial charge in [-0.25, -0.2) is 0 Å². The Morgan fingerprint density at radius 2 is 2.05 bits per heavy atom. The van der Waals surface area contributed by atoms with Gasteiger partial charge in [0.05, 0.1) is 0 Å². The van der Waals surface area contributed by atoms with Gasteiger partial charge in [-0.05, 0) is 0 Å². The molecule has 0 saturated carbocycles. The van der Waals surface area contributed by atoms with E-state index in [9.17, 15) is 4.79 Å². The predicted octanol–water partition coefficient (Wildman–Crippen LogP) is 3.90. The van der Waals surface area contributed by atoms with Gasteiger partial charge in [-0.3, -0.25) is 0 Å². The third kappa shape index (κ3) is 6.81. The van der Waals surface area contributed by atoms with Crippen LogP contribution in [0.2, 0.25) is 4.82 Å². The van der Waals surface area contributed by atoms with Gasteiger partial charge in [-0.15, -0.1) is 0 Å². The fraction of sp³-hybridized carbons (Fsp3) is 0.562. The van der Waals surface area contributed by atoms with E-state index in [0.29, 0.717) is 17.2 Å². The second-order valence-corrected chi connectivity index (χ2v) is 7.99. The van der Waals surface area contributed by atoms with Gasteiger partial charge in [0, 0.05) is 0 Å². The number of carbonyl (C=O) groups is 1. The summed E-state index contributed by atoms with van der Waals surface area (Å²) in [5.74, 6) is 0.403. The predicted molar refractivity (Wildman–Crippen MR) is 87.9 cm³/mol. The van der Waals surface area contributed by atoms with Crippen LogP contribution in [0.3, 0.4) is 0 Å². The summed E-state index contributed by atoms with van der Waals surface area (Å²) in [6, 6.07) is 10.5. The summed E-state index contributed by atoms with van der Waals surface area (Å²) in [5.41, 5.74) is 8.76. The summed E-state index contributed by atoms with van der Waals surface area (Å²) in [7, 11) is 0. The average molecular weight is 352 g/mol. The van der Waals surface area contributed by atoms with E-state index in [1.807, 2.05) is 6.07 Å². The Labute approximate surface area is 133 Å². The number of aldehydes is 1. The Hall–Kier alpha value is -1.28. The van der Waals surface area contributed by atoms with Crippen LogP contribution in [0.1, 0.15) is 39.5 Å². The molecule has 1 rings (SSSR count). The van der Waals surface area contributed by atoms with E-state index in [1.165, 1.54) is 4.46 Å². The van der Waals surface area contributed by atoms with Crippen LogP contribution in [0.5, 0.6) is 0 Å². The molecule has 0 aliphatic heterocycles. The monoisotopic (exact) mass is 353 g/mol. The maximum absolute atomic E-state index is 10.6. The molecule has 1 unspecified atom stereocenters. The Bertz CT molecular complexity index is 460. The van der Waals surface area contributed by atoms with E-state index < -0.39 is 0 Å². The summed E-state index contributed by atoms with van der Waals surface area (Å²) in [4.78, 5) is 14.0. The second-order valence-electron chi connectivity index (χ2n) is 5.23. The van der Waals surface area contributed by atoms with Crippen LogP contribution in [0.25, 0.3) is 10.4 Å². The Morgan fingerprint density at radius 3 is 2.62 bits per heavy atom. The summed E-state index contributed by atoms with van der Waals surface area (Å²) in [5, 5.41) is 3.99. The Morgan fingerprint density at radius 1 is 1.33 bits per heavy atom. The zero-order valence-electron chi connectivity index (χ0n) is 12.7. The van der Waals surface area contributed by atoms with Crippen molar-refractivity contribution in [2.24, 2.45) is 11.0 Å². The number of hydrogen-bond donors (Lipinski definition) is 0. The average Bonchev–Trinajstić information content (AvgIpc) is 2.50. The molecule has 0 aliphatic rings. The van der Waals surface area contributed by atoms with Crippen molar-refractivity contribution >= 4 is 25.7 Å². The molecule has 0 bridgehead atoms. The molecule has 0 heterocycles. The molecule has 4 nitrogen and oxygen atoms in total. The number of benzene rings is 1. The molecule has 0 saturated heterocycles. The summed E-state index contributed by atoms with van der Waals surface area (Å²) in [6.45, 7) is 4.18. The molecule has 3 atom stereocenters. The van der Waals surface area contributed by atoms with Crippen molar-refractivity contribution in [3.8, 4) is 0 Å². The zero-order valence-corrected chi connectivity index (χ0v) is 14.4. The molecule has 114 valence electrons. The number of rotatable bonds is 10. The van der Waals surface area contributed by atoms with Crippen molar-refractivity contribution in [2.75, 3.05) is 0 Å². The van der Waals surface area contributed by atoms with Crippen molar-refractivity contribution in [3.63, 3.8) is 0 Å². The minimum atomic E-state index is 0.0543. The SMILES string of the molecule is CCC(N=[N+]=[N-])[C@H](CC[C@H](C)CC=O)[Se]c1ccccc1. The molecule has 1 aromatic rings. The fourth-order valence-electron chi connectivity index (χ4n) is 2.22. The standard InChI is InChI=1S/C16H23N3OSe/c1-3-15(18-19-17)16(10-9-13(2)11-12-20)21-14-7-5-4-6-8-14/h4-8,12-13,15-16H,3,9-11H2,1-2H3/t13-,15?,16-/m0/s1. The van der Waals surface area contributed by atoms with E-state index in [0.717, 1.165) is 25.5 Å². The molecule has 21 heavy (non-hydrogen) atoms. The normalized spacial score (nSPS) is 14.8. The maximum atomic E-state index is 10.6. The van der Waals surface area contributed by atoms with Crippen LogP contribution >= 0.6 is 0 Å². The number of azide groups is 1. The van der Waals surface area contributed by atoms with Gasteiger partial charge < -0.3 is 0 Å². The molecular formula is C16H23N3OSe. The Kier molecular flexibility index (Phi) is 8.84. The first kappa shape index (κ1) is 17.8. The first-order valence-electron chi connectivity index (χ1n) is 7.40. The summed E-state index contributed by atoms with van der Waals surface area (Å²) < 4.78 is 1.34. The second kappa shape index (κ2) is 10.4. The van der Waals surface area contributed by atoms with E-state index in [1.54, 1.807) is 0 Å². The molecule has 1 aromatic carbocycles. The quantitative estimate of drug-likeness (QED) is 0.207. The topological polar surface area (TPSA) is 65.8 Å². The van der Waals surface area contributed by atoms with E-state index in [-0.39, 0.29) is 21.0 Å². The molecule has 0 amide bonds. The summed E-state index contributed by atoms with van der Waals surface area (Å²) in [6.07, 6.45) is 4.50. The van der Waals surface area contributed by atoms with E-state index >= 15 is 0 Å². The van der Waals surface area contributed by atoms with Gasteiger partial charge >= 0.3 is 133 Å². The van der Waals surface area contributed by atoms with Gasteiger partial charge in [0.2, 0.25) is 0 Å². The third-order valence-electron chi connectivity index (χ3n) is 3.52. The van der Waals surface area contributed by atoms with Gasteiger partial charge in [0.1, 0.15) is 0 Å². The van der Waals surface area contributed by atoms with Crippen LogP contribution < -0.4 is 4.46 Å². The fourth-order valence-corrected chi connectivity index (χ4v) is 4.99. The molecular weight excluding hydrogens is 329 g/mol. The first-order valence-corrected chi connectivity index (χ1v) is 9.25. The van der Waals surface area contributed by atoms with Crippen molar-refractivity contribution < 1.29 is 4.79 Å². The van der Waals surface area contributed by atoms with Crippen molar-refractivity contribution in [1.29, 1.82) is 0 Å². The summed E-state index contributed by atoms with van der Waals surface area (Å²) >= 11 is 0.289. The number of carbonyl (C=O) groups excluding carboxylic acids is 1. The van der Waals surface area contributed by atoms with Gasteiger partial charge in [-0.2, -0.15) is 0 Å². The molecule has 5 heteroatoms. The Balaban J connectivity index is 2.73. The molecule has 0 aromatic heterocycles. The van der Waals surface area contributed by atoms with E-state index in [4.69, 9.17) is 5.53 Å². The molecule has 0 spiro atoms. The minimum absolute atomic E-state index is 0.0543. The number of nitrogens with zero attached hydrogens (tertiary/aromatic N) is 3. The molecule has 0 radical (unpaired) electrons. The van der Waals surface area contributed by atoms with Crippen molar-refractivity contribution in [1.82, 2.24) is 0 Å². The van der Waals surface area contributed by atoms with Crippen LogP contribution in [0.4, 0.5) is 0 Å². The van der Waals surface area contributed by atoms with Crippen LogP contribution in [-0.4, -0.2) is 27.3 Å². The molecule has 0 fully saturated rings. The zero-order chi connectivity index (χ0) is 15.5.